The van der Waals surface area contributed by atoms with Gasteiger partial charge in [0.2, 0.25) is 11.8 Å². The van der Waals surface area contributed by atoms with Crippen LogP contribution in [0.1, 0.15) is 19.3 Å². The molecule has 2 fully saturated rings. The number of amidine groups is 1. The highest BCUT2D eigenvalue weighted by Crippen LogP contribution is 2.34. The van der Waals surface area contributed by atoms with Crippen LogP contribution < -0.4 is 14.8 Å². The Balaban J connectivity index is 1.47. The lowest BCUT2D eigenvalue weighted by Crippen LogP contribution is -2.38. The first kappa shape index (κ1) is 26.2. The number of amides is 2. The fourth-order valence-electron chi connectivity index (χ4n) is 3.82. The van der Waals surface area contributed by atoms with Crippen LogP contribution in [0.4, 0.5) is 20.2 Å². The fourth-order valence-corrected chi connectivity index (χ4v) is 5.25. The molecule has 2 atom stereocenters. The second-order valence-corrected chi connectivity index (χ2v) is 9.64. The number of hydrogen-bond donors (Lipinski definition) is 1. The van der Waals surface area contributed by atoms with Gasteiger partial charge in [-0.2, -0.15) is 8.78 Å². The first-order valence-corrected chi connectivity index (χ1v) is 12.4. The minimum Gasteiger partial charge on any atom is -0.495 e. The molecule has 0 aliphatic carbocycles. The lowest BCUT2D eigenvalue weighted by atomic mass is 10.2. The summed E-state index contributed by atoms with van der Waals surface area (Å²) in [5.74, 6) is -0.104. The molecule has 2 aromatic rings. The first-order chi connectivity index (χ1) is 17.3. The number of hydrogen-bond acceptors (Lipinski definition) is 7. The van der Waals surface area contributed by atoms with E-state index in [4.69, 9.17) is 21.1 Å². The average Bonchev–Trinajstić information content (AvgIpc) is 3.44. The van der Waals surface area contributed by atoms with Gasteiger partial charge in [0.15, 0.2) is 5.17 Å². The topological polar surface area (TPSA) is 89.5 Å². The van der Waals surface area contributed by atoms with Gasteiger partial charge in [0.1, 0.15) is 16.7 Å². The molecule has 0 radical (unpaired) electrons. The van der Waals surface area contributed by atoms with E-state index < -0.39 is 11.9 Å². The summed E-state index contributed by atoms with van der Waals surface area (Å²) in [7, 11) is 1.50. The highest BCUT2D eigenvalue weighted by Gasteiger charge is 2.40. The summed E-state index contributed by atoms with van der Waals surface area (Å²) in [6, 6.07) is 10.7. The monoisotopic (exact) mass is 539 g/mol. The van der Waals surface area contributed by atoms with Crippen molar-refractivity contribution >= 4 is 51.7 Å². The highest BCUT2D eigenvalue weighted by atomic mass is 35.5. The van der Waals surface area contributed by atoms with Crippen molar-refractivity contribution in [3.63, 3.8) is 0 Å². The quantitative estimate of drug-likeness (QED) is 0.477. The molecule has 0 aromatic heterocycles. The van der Waals surface area contributed by atoms with Crippen molar-refractivity contribution in [1.29, 1.82) is 0 Å². The molecule has 1 N–H and O–H groups in total. The molecule has 2 saturated heterocycles. The number of methoxy groups -OCH3 is 1. The van der Waals surface area contributed by atoms with E-state index in [9.17, 15) is 18.4 Å². The largest absolute Gasteiger partial charge is 0.495 e. The molecule has 192 valence electrons. The number of carbonyl (C=O) groups is 2. The van der Waals surface area contributed by atoms with Crippen LogP contribution in [0.2, 0.25) is 5.02 Å². The maximum atomic E-state index is 13.2. The van der Waals surface area contributed by atoms with E-state index in [1.165, 1.54) is 48.0 Å². The predicted molar refractivity (Wildman–Crippen MR) is 133 cm³/mol. The van der Waals surface area contributed by atoms with Crippen molar-refractivity contribution in [2.45, 2.75) is 37.2 Å². The molecule has 2 aliphatic heterocycles. The normalized spacial score (nSPS) is 20.9. The van der Waals surface area contributed by atoms with Gasteiger partial charge < -0.3 is 19.5 Å². The maximum absolute atomic E-state index is 13.2. The minimum absolute atomic E-state index is 0.00787. The van der Waals surface area contributed by atoms with Crippen LogP contribution >= 0.6 is 23.4 Å². The Morgan fingerprint density at radius 2 is 2.08 bits per heavy atom. The zero-order valence-corrected chi connectivity index (χ0v) is 20.9. The molecular weight excluding hydrogens is 516 g/mol. The van der Waals surface area contributed by atoms with E-state index in [0.717, 1.165) is 12.8 Å². The highest BCUT2D eigenvalue weighted by molar-refractivity contribution is 8.15. The van der Waals surface area contributed by atoms with Crippen molar-refractivity contribution in [3.8, 4) is 11.5 Å². The summed E-state index contributed by atoms with van der Waals surface area (Å²) < 4.78 is 40.0. The van der Waals surface area contributed by atoms with Crippen LogP contribution in [0.3, 0.4) is 0 Å². The molecule has 2 aliphatic rings. The lowest BCUT2D eigenvalue weighted by Gasteiger charge is -2.20. The predicted octanol–water partition coefficient (Wildman–Crippen LogP) is 5.09. The number of nitrogens with zero attached hydrogens (tertiary/aromatic N) is 2. The van der Waals surface area contributed by atoms with E-state index in [-0.39, 0.29) is 30.1 Å². The van der Waals surface area contributed by atoms with E-state index in [2.05, 4.69) is 15.0 Å². The minimum atomic E-state index is -2.92. The smallest absolute Gasteiger partial charge is 0.387 e. The molecule has 0 unspecified atom stereocenters. The van der Waals surface area contributed by atoms with Crippen LogP contribution in [-0.2, 0) is 14.3 Å². The Bertz CT molecular complexity index is 1130. The SMILES string of the molecule is COc1ccc(NC(=O)C[C@H]2SC(=Nc3ccc(OC(F)F)cc3)N(C[C@@H]3CCCO3)C2=O)cc1Cl. The molecule has 36 heavy (non-hydrogen) atoms. The number of benzene rings is 2. The summed E-state index contributed by atoms with van der Waals surface area (Å²) in [5, 5.41) is 2.84. The Hall–Kier alpha value is -2.89. The Morgan fingerprint density at radius 3 is 2.72 bits per heavy atom. The third kappa shape index (κ3) is 6.65. The first-order valence-electron chi connectivity index (χ1n) is 11.2. The fraction of sp³-hybridized carbons (Fsp3) is 0.375. The summed E-state index contributed by atoms with van der Waals surface area (Å²) in [5.41, 5.74) is 0.944. The molecule has 0 bridgehead atoms. The Labute approximate surface area is 215 Å². The van der Waals surface area contributed by atoms with Gasteiger partial charge in [-0.15, -0.1) is 0 Å². The number of thioether (sulfide) groups is 1. The average molecular weight is 540 g/mol. The van der Waals surface area contributed by atoms with Crippen LogP contribution in [0.15, 0.2) is 47.5 Å². The molecule has 12 heteroatoms. The van der Waals surface area contributed by atoms with E-state index in [1.807, 2.05) is 0 Å². The number of halogens is 3. The summed E-state index contributed by atoms with van der Waals surface area (Å²) in [4.78, 5) is 32.0. The molecule has 2 amide bonds. The van der Waals surface area contributed by atoms with Crippen molar-refractivity contribution in [2.24, 2.45) is 4.99 Å². The molecule has 2 heterocycles. The molecule has 2 aromatic carbocycles. The van der Waals surface area contributed by atoms with Crippen molar-refractivity contribution in [2.75, 3.05) is 25.6 Å². The van der Waals surface area contributed by atoms with Gasteiger partial charge in [0.25, 0.3) is 0 Å². The van der Waals surface area contributed by atoms with Gasteiger partial charge in [0.05, 0.1) is 30.5 Å². The molecule has 0 spiro atoms. The Morgan fingerprint density at radius 1 is 1.31 bits per heavy atom. The van der Waals surface area contributed by atoms with Gasteiger partial charge in [-0.1, -0.05) is 23.4 Å². The molecule has 4 rings (SSSR count). The van der Waals surface area contributed by atoms with Crippen molar-refractivity contribution in [3.05, 3.63) is 47.5 Å². The number of ether oxygens (including phenoxy) is 3. The molecule has 8 nitrogen and oxygen atoms in total. The maximum Gasteiger partial charge on any atom is 0.387 e. The summed E-state index contributed by atoms with van der Waals surface area (Å²) in [6.45, 7) is -1.97. The lowest BCUT2D eigenvalue weighted by molar-refractivity contribution is -0.129. The van der Waals surface area contributed by atoms with Crippen LogP contribution in [0.25, 0.3) is 0 Å². The van der Waals surface area contributed by atoms with E-state index in [0.29, 0.717) is 40.5 Å². The van der Waals surface area contributed by atoms with Crippen LogP contribution in [0, 0.1) is 0 Å². The van der Waals surface area contributed by atoms with Gasteiger partial charge in [0, 0.05) is 18.7 Å². The summed E-state index contributed by atoms with van der Waals surface area (Å²) in [6.07, 6.45) is 1.55. The number of carbonyl (C=O) groups excluding carboxylic acids is 2. The third-order valence-corrected chi connectivity index (χ3v) is 6.99. The third-order valence-electron chi connectivity index (χ3n) is 5.52. The summed E-state index contributed by atoms with van der Waals surface area (Å²) >= 11 is 7.30. The van der Waals surface area contributed by atoms with Gasteiger partial charge in [-0.3, -0.25) is 14.5 Å². The standard InChI is InChI=1S/C24H24ClF2N3O5S/c1-33-19-9-6-15(11-18(19)25)28-21(31)12-20-22(32)30(13-17-3-2-10-34-17)24(36-20)29-14-4-7-16(8-5-14)35-23(26)27/h4-9,11,17,20,23H,2-3,10,12-13H2,1H3,(H,28,31)/t17-,20+/m0/s1. The van der Waals surface area contributed by atoms with Gasteiger partial charge in [-0.05, 0) is 55.3 Å². The molecular formula is C24H24ClF2N3O5S. The van der Waals surface area contributed by atoms with Crippen molar-refractivity contribution < 1.29 is 32.6 Å². The van der Waals surface area contributed by atoms with Gasteiger partial charge >= 0.3 is 6.61 Å². The zero-order chi connectivity index (χ0) is 25.7. The second kappa shape index (κ2) is 11.9. The van der Waals surface area contributed by atoms with E-state index in [1.54, 1.807) is 18.2 Å². The number of rotatable bonds is 9. The van der Waals surface area contributed by atoms with Gasteiger partial charge in [-0.25, -0.2) is 4.99 Å². The van der Waals surface area contributed by atoms with Crippen molar-refractivity contribution in [1.82, 2.24) is 4.90 Å². The molecule has 0 saturated carbocycles. The Kier molecular flexibility index (Phi) is 8.65. The van der Waals surface area contributed by atoms with Crippen LogP contribution in [-0.4, -0.2) is 60.1 Å². The number of alkyl halides is 2. The number of nitrogens with one attached hydrogen (secondary N) is 1. The number of aliphatic imine (C=N–C) groups is 1. The zero-order valence-electron chi connectivity index (χ0n) is 19.3. The van der Waals surface area contributed by atoms with Crippen LogP contribution in [0.5, 0.6) is 11.5 Å². The van der Waals surface area contributed by atoms with E-state index >= 15 is 0 Å². The second-order valence-electron chi connectivity index (χ2n) is 8.06. The number of anilines is 1.